The Morgan fingerprint density at radius 2 is 2.37 bits per heavy atom. The SMILES string of the molecule is CC1CN(c2ccc(CNC(=O)c3cc(-c4cccs4)[nH]n3)cn2)CCO1. The minimum atomic E-state index is -0.208. The number of pyridine rings is 1. The van der Waals surface area contributed by atoms with Crippen molar-refractivity contribution in [2.24, 2.45) is 0 Å². The summed E-state index contributed by atoms with van der Waals surface area (Å²) in [7, 11) is 0. The number of anilines is 1. The molecule has 0 radical (unpaired) electrons. The molecule has 4 heterocycles. The van der Waals surface area contributed by atoms with E-state index in [-0.39, 0.29) is 12.0 Å². The van der Waals surface area contributed by atoms with Crippen LogP contribution in [0.25, 0.3) is 10.6 Å². The quantitative estimate of drug-likeness (QED) is 0.708. The third-order valence-electron chi connectivity index (χ3n) is 4.42. The van der Waals surface area contributed by atoms with Crippen LogP contribution < -0.4 is 10.2 Å². The Balaban J connectivity index is 1.34. The van der Waals surface area contributed by atoms with Gasteiger partial charge < -0.3 is 15.0 Å². The molecule has 3 aromatic heterocycles. The Bertz CT molecular complexity index is 891. The van der Waals surface area contributed by atoms with Crippen molar-refractivity contribution in [2.45, 2.75) is 19.6 Å². The van der Waals surface area contributed by atoms with E-state index in [2.05, 4.69) is 32.3 Å². The molecule has 7 nitrogen and oxygen atoms in total. The van der Waals surface area contributed by atoms with Crippen molar-refractivity contribution in [3.05, 3.63) is 53.2 Å². The maximum Gasteiger partial charge on any atom is 0.272 e. The predicted molar refractivity (Wildman–Crippen MR) is 105 cm³/mol. The van der Waals surface area contributed by atoms with Crippen LogP contribution in [0.5, 0.6) is 0 Å². The van der Waals surface area contributed by atoms with E-state index in [9.17, 15) is 4.79 Å². The molecule has 0 bridgehead atoms. The predicted octanol–water partition coefficient (Wildman–Crippen LogP) is 2.69. The summed E-state index contributed by atoms with van der Waals surface area (Å²) in [5, 5.41) is 11.9. The van der Waals surface area contributed by atoms with Gasteiger partial charge in [0.15, 0.2) is 5.69 Å². The van der Waals surface area contributed by atoms with Crippen LogP contribution in [0.1, 0.15) is 23.0 Å². The standard InChI is InChI=1S/C19H21N5O2S/c1-13-12-24(6-7-26-13)18-5-4-14(10-20-18)11-21-19(25)16-9-15(22-23-16)17-3-2-8-27-17/h2-5,8-10,13H,6-7,11-12H2,1H3,(H,21,25)(H,22,23). The average Bonchev–Trinajstić information content (AvgIpc) is 3.38. The van der Waals surface area contributed by atoms with Crippen molar-refractivity contribution in [2.75, 3.05) is 24.6 Å². The van der Waals surface area contributed by atoms with Crippen molar-refractivity contribution < 1.29 is 9.53 Å². The smallest absolute Gasteiger partial charge is 0.272 e. The third-order valence-corrected chi connectivity index (χ3v) is 5.33. The molecule has 1 saturated heterocycles. The number of morpholine rings is 1. The zero-order valence-corrected chi connectivity index (χ0v) is 15.8. The number of amides is 1. The molecule has 1 aliphatic rings. The van der Waals surface area contributed by atoms with E-state index in [4.69, 9.17) is 4.74 Å². The molecule has 4 rings (SSSR count). The van der Waals surface area contributed by atoms with Gasteiger partial charge in [0.2, 0.25) is 0 Å². The van der Waals surface area contributed by atoms with Gasteiger partial charge in [-0.1, -0.05) is 12.1 Å². The lowest BCUT2D eigenvalue weighted by atomic mass is 10.2. The molecule has 2 N–H and O–H groups in total. The lowest BCUT2D eigenvalue weighted by Gasteiger charge is -2.32. The maximum absolute atomic E-state index is 12.3. The molecule has 0 aliphatic carbocycles. The Kier molecular flexibility index (Phi) is 5.17. The molecule has 0 spiro atoms. The number of carbonyl (C=O) groups is 1. The van der Waals surface area contributed by atoms with Crippen LogP contribution in [0.15, 0.2) is 41.9 Å². The number of hydrogen-bond donors (Lipinski definition) is 2. The van der Waals surface area contributed by atoms with Gasteiger partial charge >= 0.3 is 0 Å². The lowest BCUT2D eigenvalue weighted by molar-refractivity contribution is 0.0529. The van der Waals surface area contributed by atoms with Crippen LogP contribution in [0.2, 0.25) is 0 Å². The molecule has 0 saturated carbocycles. The van der Waals surface area contributed by atoms with Crippen molar-refractivity contribution in [1.82, 2.24) is 20.5 Å². The summed E-state index contributed by atoms with van der Waals surface area (Å²) in [6.45, 7) is 4.88. The van der Waals surface area contributed by atoms with E-state index in [1.54, 1.807) is 23.6 Å². The molecule has 0 aromatic carbocycles. The van der Waals surface area contributed by atoms with Gasteiger partial charge in [0, 0.05) is 25.8 Å². The fourth-order valence-electron chi connectivity index (χ4n) is 3.00. The Labute approximate surface area is 161 Å². The van der Waals surface area contributed by atoms with E-state index >= 15 is 0 Å². The van der Waals surface area contributed by atoms with Gasteiger partial charge in [0.25, 0.3) is 5.91 Å². The summed E-state index contributed by atoms with van der Waals surface area (Å²) in [5.41, 5.74) is 2.17. The zero-order chi connectivity index (χ0) is 18.6. The number of hydrogen-bond acceptors (Lipinski definition) is 6. The van der Waals surface area contributed by atoms with Gasteiger partial charge in [-0.2, -0.15) is 5.10 Å². The summed E-state index contributed by atoms with van der Waals surface area (Å²) >= 11 is 1.60. The maximum atomic E-state index is 12.3. The molecule has 27 heavy (non-hydrogen) atoms. The first-order valence-corrected chi connectivity index (χ1v) is 9.76. The number of rotatable bonds is 5. The second-order valence-electron chi connectivity index (χ2n) is 6.48. The summed E-state index contributed by atoms with van der Waals surface area (Å²) in [5.74, 6) is 0.730. The molecule has 1 unspecified atom stereocenters. The number of H-pyrrole nitrogens is 1. The monoisotopic (exact) mass is 383 g/mol. The molecule has 1 atom stereocenters. The largest absolute Gasteiger partial charge is 0.375 e. The second-order valence-corrected chi connectivity index (χ2v) is 7.43. The van der Waals surface area contributed by atoms with Crippen LogP contribution in [0.3, 0.4) is 0 Å². The number of nitrogens with zero attached hydrogens (tertiary/aromatic N) is 3. The van der Waals surface area contributed by atoms with Crippen LogP contribution in [0, 0.1) is 0 Å². The van der Waals surface area contributed by atoms with Crippen LogP contribution in [-0.4, -0.2) is 46.9 Å². The minimum Gasteiger partial charge on any atom is -0.375 e. The Morgan fingerprint density at radius 3 is 3.11 bits per heavy atom. The fourth-order valence-corrected chi connectivity index (χ4v) is 3.70. The highest BCUT2D eigenvalue weighted by Crippen LogP contribution is 2.23. The highest BCUT2D eigenvalue weighted by molar-refractivity contribution is 7.13. The molecule has 8 heteroatoms. The van der Waals surface area contributed by atoms with Crippen molar-refractivity contribution in [3.8, 4) is 10.6 Å². The Morgan fingerprint density at radius 1 is 1.44 bits per heavy atom. The molecule has 140 valence electrons. The highest BCUT2D eigenvalue weighted by atomic mass is 32.1. The van der Waals surface area contributed by atoms with Gasteiger partial charge in [-0.25, -0.2) is 4.98 Å². The van der Waals surface area contributed by atoms with E-state index in [1.807, 2.05) is 29.6 Å². The number of aromatic amines is 1. The molecular weight excluding hydrogens is 362 g/mol. The Hall–Kier alpha value is -2.71. The summed E-state index contributed by atoms with van der Waals surface area (Å²) in [6.07, 6.45) is 2.02. The van der Waals surface area contributed by atoms with Crippen LogP contribution in [-0.2, 0) is 11.3 Å². The average molecular weight is 383 g/mol. The number of ether oxygens (including phenoxy) is 1. The minimum absolute atomic E-state index is 0.208. The van der Waals surface area contributed by atoms with Crippen molar-refractivity contribution in [1.29, 1.82) is 0 Å². The number of nitrogens with one attached hydrogen (secondary N) is 2. The van der Waals surface area contributed by atoms with Gasteiger partial charge in [0.1, 0.15) is 5.82 Å². The summed E-state index contributed by atoms with van der Waals surface area (Å²) < 4.78 is 5.56. The molecule has 1 aliphatic heterocycles. The van der Waals surface area contributed by atoms with Crippen LogP contribution >= 0.6 is 11.3 Å². The first-order chi connectivity index (χ1) is 13.2. The van der Waals surface area contributed by atoms with Crippen molar-refractivity contribution in [3.63, 3.8) is 0 Å². The summed E-state index contributed by atoms with van der Waals surface area (Å²) in [6, 6.07) is 9.70. The lowest BCUT2D eigenvalue weighted by Crippen LogP contribution is -2.41. The first kappa shape index (κ1) is 17.7. The number of aromatic nitrogens is 3. The number of thiophene rings is 1. The summed E-state index contributed by atoms with van der Waals surface area (Å²) in [4.78, 5) is 20.1. The molecule has 1 amide bonds. The molecular formula is C19H21N5O2S. The van der Waals surface area contributed by atoms with E-state index in [0.29, 0.717) is 12.2 Å². The van der Waals surface area contributed by atoms with E-state index < -0.39 is 0 Å². The highest BCUT2D eigenvalue weighted by Gasteiger charge is 2.18. The third kappa shape index (κ3) is 4.17. The van der Waals surface area contributed by atoms with Crippen molar-refractivity contribution >= 4 is 23.1 Å². The second kappa shape index (κ2) is 7.89. The normalized spacial score (nSPS) is 17.1. The van der Waals surface area contributed by atoms with E-state index in [0.717, 1.165) is 41.6 Å². The topological polar surface area (TPSA) is 83.1 Å². The van der Waals surface area contributed by atoms with E-state index in [1.165, 1.54) is 0 Å². The first-order valence-electron chi connectivity index (χ1n) is 8.88. The van der Waals surface area contributed by atoms with Crippen LogP contribution in [0.4, 0.5) is 5.82 Å². The number of carbonyl (C=O) groups excluding carboxylic acids is 1. The fraction of sp³-hybridized carbons (Fsp3) is 0.316. The van der Waals surface area contributed by atoms with Gasteiger partial charge in [-0.3, -0.25) is 9.89 Å². The van der Waals surface area contributed by atoms with Gasteiger partial charge in [-0.05, 0) is 36.1 Å². The zero-order valence-electron chi connectivity index (χ0n) is 15.0. The molecule has 3 aromatic rings. The van der Waals surface area contributed by atoms with Gasteiger partial charge in [0.05, 0.1) is 23.3 Å². The molecule has 1 fully saturated rings. The van der Waals surface area contributed by atoms with Gasteiger partial charge in [-0.15, -0.1) is 11.3 Å².